The Kier molecular flexibility index (Phi) is 4.31. The van der Waals surface area contributed by atoms with Crippen molar-refractivity contribution in [2.75, 3.05) is 31.1 Å². The van der Waals surface area contributed by atoms with Gasteiger partial charge in [0, 0.05) is 38.4 Å². The molecule has 1 aliphatic rings. The van der Waals surface area contributed by atoms with Crippen molar-refractivity contribution >= 4 is 11.7 Å². The molecule has 3 rings (SSSR count). The van der Waals surface area contributed by atoms with Crippen LogP contribution < -0.4 is 10.5 Å². The number of nitrogens with zero attached hydrogens (tertiary/aromatic N) is 6. The van der Waals surface area contributed by atoms with Crippen LogP contribution in [0, 0.1) is 6.92 Å². The second kappa shape index (κ2) is 6.55. The Labute approximate surface area is 133 Å². The zero-order valence-corrected chi connectivity index (χ0v) is 12.9. The molecule has 1 aliphatic heterocycles. The van der Waals surface area contributed by atoms with Crippen LogP contribution in [0.4, 0.5) is 5.82 Å². The lowest BCUT2D eigenvalue weighted by atomic mass is 10.3. The number of amides is 1. The average molecular weight is 314 g/mol. The van der Waals surface area contributed by atoms with Gasteiger partial charge in [-0.3, -0.25) is 9.59 Å². The molecule has 0 unspecified atom stereocenters. The molecule has 0 atom stereocenters. The molecule has 0 aromatic carbocycles. The summed E-state index contributed by atoms with van der Waals surface area (Å²) in [6.07, 6.45) is 1.63. The van der Waals surface area contributed by atoms with Crippen molar-refractivity contribution in [3.05, 3.63) is 46.5 Å². The van der Waals surface area contributed by atoms with Crippen molar-refractivity contribution in [3.63, 3.8) is 0 Å². The van der Waals surface area contributed by atoms with Crippen molar-refractivity contribution in [1.29, 1.82) is 0 Å². The van der Waals surface area contributed by atoms with Gasteiger partial charge in [0.2, 0.25) is 5.91 Å². The highest BCUT2D eigenvalue weighted by molar-refractivity contribution is 5.76. The van der Waals surface area contributed by atoms with E-state index in [0.717, 1.165) is 5.82 Å². The van der Waals surface area contributed by atoms with Crippen LogP contribution in [-0.4, -0.2) is 57.0 Å². The smallest absolute Gasteiger partial charge is 0.267 e. The molecular formula is C15H18N6O2. The van der Waals surface area contributed by atoms with Crippen molar-refractivity contribution < 1.29 is 4.79 Å². The summed E-state index contributed by atoms with van der Waals surface area (Å²) in [5.41, 5.74) is 0.451. The maximum Gasteiger partial charge on any atom is 0.267 e. The summed E-state index contributed by atoms with van der Waals surface area (Å²) >= 11 is 0. The van der Waals surface area contributed by atoms with Crippen LogP contribution in [0.3, 0.4) is 0 Å². The zero-order chi connectivity index (χ0) is 16.2. The van der Waals surface area contributed by atoms with Gasteiger partial charge in [0.25, 0.3) is 5.56 Å². The lowest BCUT2D eigenvalue weighted by Gasteiger charge is -2.35. The summed E-state index contributed by atoms with van der Waals surface area (Å²) in [4.78, 5) is 27.9. The second-order valence-electron chi connectivity index (χ2n) is 5.42. The first-order valence-electron chi connectivity index (χ1n) is 7.49. The first kappa shape index (κ1) is 15.1. The van der Waals surface area contributed by atoms with Crippen LogP contribution in [0.2, 0.25) is 0 Å². The molecule has 23 heavy (non-hydrogen) atoms. The molecule has 0 N–H and O–H groups in total. The van der Waals surface area contributed by atoms with E-state index in [4.69, 9.17) is 0 Å². The van der Waals surface area contributed by atoms with E-state index in [1.165, 1.54) is 10.7 Å². The van der Waals surface area contributed by atoms with Gasteiger partial charge in [-0.2, -0.15) is 10.2 Å². The van der Waals surface area contributed by atoms with Crippen molar-refractivity contribution in [2.45, 2.75) is 13.5 Å². The number of aromatic nitrogens is 4. The summed E-state index contributed by atoms with van der Waals surface area (Å²) < 4.78 is 1.21. The van der Waals surface area contributed by atoms with E-state index < -0.39 is 0 Å². The normalized spacial score (nSPS) is 14.8. The van der Waals surface area contributed by atoms with Gasteiger partial charge in [-0.05, 0) is 25.1 Å². The molecule has 8 heteroatoms. The first-order chi connectivity index (χ1) is 11.1. The van der Waals surface area contributed by atoms with Gasteiger partial charge >= 0.3 is 0 Å². The highest BCUT2D eigenvalue weighted by atomic mass is 16.2. The second-order valence-corrected chi connectivity index (χ2v) is 5.42. The largest absolute Gasteiger partial charge is 0.352 e. The van der Waals surface area contributed by atoms with E-state index >= 15 is 0 Å². The summed E-state index contributed by atoms with van der Waals surface area (Å²) in [7, 11) is 0. The van der Waals surface area contributed by atoms with Crippen LogP contribution >= 0.6 is 0 Å². The van der Waals surface area contributed by atoms with E-state index in [1.54, 1.807) is 24.1 Å². The lowest BCUT2D eigenvalue weighted by molar-refractivity contribution is -0.132. The topological polar surface area (TPSA) is 84.2 Å². The zero-order valence-electron chi connectivity index (χ0n) is 12.9. The fourth-order valence-electron chi connectivity index (χ4n) is 2.54. The predicted molar refractivity (Wildman–Crippen MR) is 84.1 cm³/mol. The number of aryl methyl sites for hydroxylation is 1. The number of anilines is 1. The molecule has 2 aromatic heterocycles. The Morgan fingerprint density at radius 3 is 2.65 bits per heavy atom. The molecule has 0 radical (unpaired) electrons. The van der Waals surface area contributed by atoms with Gasteiger partial charge in [0.05, 0.1) is 5.69 Å². The molecule has 1 amide bonds. The van der Waals surface area contributed by atoms with E-state index in [0.29, 0.717) is 31.9 Å². The highest BCUT2D eigenvalue weighted by Gasteiger charge is 2.22. The third-order valence-corrected chi connectivity index (χ3v) is 3.80. The number of piperazine rings is 1. The molecule has 3 heterocycles. The molecule has 8 nitrogen and oxygen atoms in total. The Balaban J connectivity index is 1.60. The van der Waals surface area contributed by atoms with Gasteiger partial charge in [-0.25, -0.2) is 4.68 Å². The highest BCUT2D eigenvalue weighted by Crippen LogP contribution is 2.11. The molecule has 0 bridgehead atoms. The van der Waals surface area contributed by atoms with Crippen molar-refractivity contribution in [1.82, 2.24) is 24.9 Å². The molecule has 1 fully saturated rings. The summed E-state index contributed by atoms with van der Waals surface area (Å²) in [6, 6.07) is 6.82. The molecular weight excluding hydrogens is 296 g/mol. The number of rotatable bonds is 3. The minimum Gasteiger partial charge on any atom is -0.352 e. The van der Waals surface area contributed by atoms with Crippen molar-refractivity contribution in [3.8, 4) is 0 Å². The number of hydrogen-bond acceptors (Lipinski definition) is 6. The molecule has 2 aromatic rings. The van der Waals surface area contributed by atoms with Crippen LogP contribution in [0.1, 0.15) is 5.69 Å². The van der Waals surface area contributed by atoms with Gasteiger partial charge in [0.15, 0.2) is 5.82 Å². The summed E-state index contributed by atoms with van der Waals surface area (Å²) in [6.45, 7) is 4.35. The number of carbonyl (C=O) groups is 1. The first-order valence-corrected chi connectivity index (χ1v) is 7.49. The summed E-state index contributed by atoms with van der Waals surface area (Å²) in [5, 5.41) is 12.0. The Morgan fingerprint density at radius 2 is 1.96 bits per heavy atom. The minimum absolute atomic E-state index is 0.0222. The molecule has 0 aliphatic carbocycles. The predicted octanol–water partition coefficient (Wildman–Crippen LogP) is -0.309. The van der Waals surface area contributed by atoms with Crippen LogP contribution in [0.25, 0.3) is 0 Å². The van der Waals surface area contributed by atoms with Crippen LogP contribution in [0.15, 0.2) is 35.3 Å². The standard InChI is InChI=1S/C15H18N6O2/c1-12-4-5-14(22)21(18-12)11-15(23)20-9-7-19(8-10-20)13-3-2-6-16-17-13/h2-6H,7-11H2,1H3. The van der Waals surface area contributed by atoms with E-state index in [9.17, 15) is 9.59 Å². The van der Waals surface area contributed by atoms with Gasteiger partial charge in [-0.1, -0.05) is 0 Å². The Morgan fingerprint density at radius 1 is 1.17 bits per heavy atom. The molecule has 0 saturated carbocycles. The Hall–Kier alpha value is -2.77. The average Bonchev–Trinajstić information content (AvgIpc) is 2.59. The fourth-order valence-corrected chi connectivity index (χ4v) is 2.54. The van der Waals surface area contributed by atoms with Crippen LogP contribution in [0.5, 0.6) is 0 Å². The monoisotopic (exact) mass is 314 g/mol. The van der Waals surface area contributed by atoms with E-state index in [-0.39, 0.29) is 18.0 Å². The van der Waals surface area contributed by atoms with E-state index in [2.05, 4.69) is 20.2 Å². The lowest BCUT2D eigenvalue weighted by Crippen LogP contribution is -2.50. The molecule has 0 spiro atoms. The maximum absolute atomic E-state index is 12.4. The SMILES string of the molecule is Cc1ccc(=O)n(CC(=O)N2CCN(c3cccnn3)CC2)n1. The molecule has 120 valence electrons. The van der Waals surface area contributed by atoms with E-state index in [1.807, 2.05) is 12.1 Å². The number of hydrogen-bond donors (Lipinski definition) is 0. The number of carbonyl (C=O) groups excluding carboxylic acids is 1. The maximum atomic E-state index is 12.4. The van der Waals surface area contributed by atoms with Gasteiger partial charge < -0.3 is 9.80 Å². The van der Waals surface area contributed by atoms with Crippen molar-refractivity contribution in [2.24, 2.45) is 0 Å². The minimum atomic E-state index is -0.262. The quantitative estimate of drug-likeness (QED) is 0.773. The fraction of sp³-hybridized carbons (Fsp3) is 0.400. The third-order valence-electron chi connectivity index (χ3n) is 3.80. The summed E-state index contributed by atoms with van der Waals surface area (Å²) in [5.74, 6) is 0.722. The van der Waals surface area contributed by atoms with Crippen LogP contribution in [-0.2, 0) is 11.3 Å². The Bertz CT molecular complexity index is 737. The molecule has 1 saturated heterocycles. The third kappa shape index (κ3) is 3.53. The van der Waals surface area contributed by atoms with Gasteiger partial charge in [-0.15, -0.1) is 5.10 Å². The van der Waals surface area contributed by atoms with Gasteiger partial charge in [0.1, 0.15) is 6.54 Å².